The SMILES string of the molecule is CN=C(NCCCc1nc(C(C)C)no1)NCCc1ccc(C(F)(F)F)cc1.I. The van der Waals surface area contributed by atoms with Gasteiger partial charge >= 0.3 is 6.18 Å². The Kier molecular flexibility index (Phi) is 10.4. The van der Waals surface area contributed by atoms with Crippen LogP contribution in [0.1, 0.15) is 49.0 Å². The van der Waals surface area contributed by atoms with E-state index in [-0.39, 0.29) is 29.9 Å². The van der Waals surface area contributed by atoms with Gasteiger partial charge < -0.3 is 15.2 Å². The summed E-state index contributed by atoms with van der Waals surface area (Å²) in [6.45, 7) is 5.26. The first-order valence-corrected chi connectivity index (χ1v) is 9.22. The summed E-state index contributed by atoms with van der Waals surface area (Å²) in [5.41, 5.74) is 0.191. The highest BCUT2D eigenvalue weighted by Gasteiger charge is 2.29. The fraction of sp³-hybridized carbons (Fsp3) is 0.526. The van der Waals surface area contributed by atoms with Crippen LogP contribution in [0, 0.1) is 0 Å². The Morgan fingerprint density at radius 2 is 1.76 bits per heavy atom. The standard InChI is InChI=1S/C19H26F3N5O.HI/c1-13(2)17-26-16(28-27-17)5-4-11-24-18(23-3)25-12-10-14-6-8-15(9-7-14)19(20,21)22;/h6-9,13H,4-5,10-12H2,1-3H3,(H2,23,24,25);1H. The van der Waals surface area contributed by atoms with Crippen molar-refractivity contribution in [3.05, 3.63) is 47.1 Å². The zero-order valence-electron chi connectivity index (χ0n) is 16.7. The van der Waals surface area contributed by atoms with E-state index in [2.05, 4.69) is 25.8 Å². The van der Waals surface area contributed by atoms with E-state index in [9.17, 15) is 13.2 Å². The van der Waals surface area contributed by atoms with E-state index in [1.54, 1.807) is 7.05 Å². The normalized spacial score (nSPS) is 12.0. The highest BCUT2D eigenvalue weighted by atomic mass is 127. The molecule has 2 N–H and O–H groups in total. The van der Waals surface area contributed by atoms with Gasteiger partial charge in [0.25, 0.3) is 0 Å². The lowest BCUT2D eigenvalue weighted by Crippen LogP contribution is -2.38. The van der Waals surface area contributed by atoms with Gasteiger partial charge in [-0.25, -0.2) is 0 Å². The zero-order valence-corrected chi connectivity index (χ0v) is 19.0. The van der Waals surface area contributed by atoms with E-state index in [1.165, 1.54) is 12.1 Å². The molecule has 0 saturated carbocycles. The number of rotatable bonds is 8. The van der Waals surface area contributed by atoms with Crippen molar-refractivity contribution in [2.75, 3.05) is 20.1 Å². The summed E-state index contributed by atoms with van der Waals surface area (Å²) < 4.78 is 42.9. The lowest BCUT2D eigenvalue weighted by atomic mass is 10.1. The number of hydrogen-bond acceptors (Lipinski definition) is 4. The monoisotopic (exact) mass is 525 g/mol. The number of aromatic nitrogens is 2. The van der Waals surface area contributed by atoms with Crippen molar-refractivity contribution < 1.29 is 17.7 Å². The summed E-state index contributed by atoms with van der Waals surface area (Å²) >= 11 is 0. The molecule has 1 aromatic heterocycles. The predicted octanol–water partition coefficient (Wildman–Crippen LogP) is 4.17. The topological polar surface area (TPSA) is 75.3 Å². The van der Waals surface area contributed by atoms with Crippen molar-refractivity contribution >= 4 is 29.9 Å². The largest absolute Gasteiger partial charge is 0.416 e. The van der Waals surface area contributed by atoms with Crippen LogP contribution in [0.15, 0.2) is 33.8 Å². The molecule has 0 radical (unpaired) electrons. The van der Waals surface area contributed by atoms with Gasteiger partial charge in [0.05, 0.1) is 5.56 Å². The molecule has 0 unspecified atom stereocenters. The first kappa shape index (κ1) is 25.2. The minimum atomic E-state index is -4.31. The highest BCUT2D eigenvalue weighted by Crippen LogP contribution is 2.29. The lowest BCUT2D eigenvalue weighted by Gasteiger charge is -2.12. The van der Waals surface area contributed by atoms with Crippen LogP contribution < -0.4 is 10.6 Å². The molecule has 1 heterocycles. The number of halogens is 4. The summed E-state index contributed by atoms with van der Waals surface area (Å²) in [5.74, 6) is 2.21. The van der Waals surface area contributed by atoms with Crippen LogP contribution in [0.3, 0.4) is 0 Å². The summed E-state index contributed by atoms with van der Waals surface area (Å²) in [4.78, 5) is 8.46. The number of nitrogens with one attached hydrogen (secondary N) is 2. The number of hydrogen-bond donors (Lipinski definition) is 2. The van der Waals surface area contributed by atoms with E-state index >= 15 is 0 Å². The second kappa shape index (κ2) is 12.0. The van der Waals surface area contributed by atoms with E-state index in [4.69, 9.17) is 4.52 Å². The molecule has 10 heteroatoms. The van der Waals surface area contributed by atoms with Gasteiger partial charge in [0.2, 0.25) is 5.89 Å². The van der Waals surface area contributed by atoms with E-state index < -0.39 is 11.7 Å². The second-order valence-corrected chi connectivity index (χ2v) is 6.68. The maximum atomic E-state index is 12.6. The second-order valence-electron chi connectivity index (χ2n) is 6.68. The molecule has 0 aliphatic carbocycles. The maximum absolute atomic E-state index is 12.6. The number of alkyl halides is 3. The third-order valence-electron chi connectivity index (χ3n) is 4.07. The number of aryl methyl sites for hydroxylation is 1. The minimum absolute atomic E-state index is 0. The van der Waals surface area contributed by atoms with E-state index in [1.807, 2.05) is 13.8 Å². The van der Waals surface area contributed by atoms with Crippen LogP contribution in [0.2, 0.25) is 0 Å². The first-order chi connectivity index (χ1) is 13.3. The molecule has 2 rings (SSSR count). The van der Waals surface area contributed by atoms with E-state index in [0.717, 1.165) is 24.1 Å². The Morgan fingerprint density at radius 3 is 2.31 bits per heavy atom. The average molecular weight is 525 g/mol. The van der Waals surface area contributed by atoms with Crippen LogP contribution >= 0.6 is 24.0 Å². The number of benzene rings is 1. The fourth-order valence-electron chi connectivity index (χ4n) is 2.46. The Hall–Kier alpha value is -1.85. The van der Waals surface area contributed by atoms with Crippen molar-refractivity contribution in [2.45, 2.75) is 45.2 Å². The zero-order chi connectivity index (χ0) is 20.6. The Balaban J connectivity index is 0.00000420. The molecule has 1 aromatic carbocycles. The van der Waals surface area contributed by atoms with Gasteiger partial charge in [-0.1, -0.05) is 31.1 Å². The quantitative estimate of drug-likeness (QED) is 0.234. The molecule has 0 aliphatic heterocycles. The van der Waals surface area contributed by atoms with Crippen LogP contribution in [-0.4, -0.2) is 36.2 Å². The van der Waals surface area contributed by atoms with Gasteiger partial charge in [-0.3, -0.25) is 4.99 Å². The van der Waals surface area contributed by atoms with Crippen LogP contribution in [0.4, 0.5) is 13.2 Å². The van der Waals surface area contributed by atoms with Gasteiger partial charge in [0.15, 0.2) is 11.8 Å². The fourth-order valence-corrected chi connectivity index (χ4v) is 2.46. The molecule has 0 aliphatic rings. The third-order valence-corrected chi connectivity index (χ3v) is 4.07. The number of guanidine groups is 1. The molecule has 162 valence electrons. The molecule has 0 amide bonds. The summed E-state index contributed by atoms with van der Waals surface area (Å²) in [5, 5.41) is 10.3. The van der Waals surface area contributed by atoms with Gasteiger partial charge in [-0.2, -0.15) is 18.2 Å². The molecular formula is C19H27F3IN5O. The Bertz CT molecular complexity index is 760. The molecule has 0 spiro atoms. The van der Waals surface area contributed by atoms with Gasteiger partial charge in [-0.15, -0.1) is 24.0 Å². The highest BCUT2D eigenvalue weighted by molar-refractivity contribution is 14.0. The van der Waals surface area contributed by atoms with Crippen molar-refractivity contribution in [1.82, 2.24) is 20.8 Å². The van der Waals surface area contributed by atoms with Crippen molar-refractivity contribution in [2.24, 2.45) is 4.99 Å². The smallest absolute Gasteiger partial charge is 0.356 e. The van der Waals surface area contributed by atoms with Gasteiger partial charge in [0, 0.05) is 32.5 Å². The molecular weight excluding hydrogens is 498 g/mol. The first-order valence-electron chi connectivity index (χ1n) is 9.22. The predicted molar refractivity (Wildman–Crippen MR) is 117 cm³/mol. The summed E-state index contributed by atoms with van der Waals surface area (Å²) in [6.07, 6.45) is -2.23. The minimum Gasteiger partial charge on any atom is -0.356 e. The van der Waals surface area contributed by atoms with E-state index in [0.29, 0.717) is 43.6 Å². The molecule has 0 fully saturated rings. The molecule has 6 nitrogen and oxygen atoms in total. The average Bonchev–Trinajstić information content (AvgIpc) is 3.12. The molecule has 0 atom stereocenters. The van der Waals surface area contributed by atoms with Crippen LogP contribution in [0.25, 0.3) is 0 Å². The molecule has 29 heavy (non-hydrogen) atoms. The Labute approximate surface area is 185 Å². The third kappa shape index (κ3) is 8.58. The molecule has 0 bridgehead atoms. The number of nitrogens with zero attached hydrogens (tertiary/aromatic N) is 3. The molecule has 0 saturated heterocycles. The summed E-state index contributed by atoms with van der Waals surface area (Å²) in [7, 11) is 1.67. The lowest BCUT2D eigenvalue weighted by molar-refractivity contribution is -0.137. The molecule has 2 aromatic rings. The Morgan fingerprint density at radius 1 is 1.10 bits per heavy atom. The summed E-state index contributed by atoms with van der Waals surface area (Å²) in [6, 6.07) is 5.20. The van der Waals surface area contributed by atoms with Crippen LogP contribution in [0.5, 0.6) is 0 Å². The maximum Gasteiger partial charge on any atom is 0.416 e. The van der Waals surface area contributed by atoms with Crippen molar-refractivity contribution in [1.29, 1.82) is 0 Å². The number of aliphatic imine (C=N–C) groups is 1. The van der Waals surface area contributed by atoms with Crippen LogP contribution in [-0.2, 0) is 19.0 Å². The van der Waals surface area contributed by atoms with Gasteiger partial charge in [-0.05, 0) is 30.5 Å². The van der Waals surface area contributed by atoms with Gasteiger partial charge in [0.1, 0.15) is 0 Å². The van der Waals surface area contributed by atoms with Crippen molar-refractivity contribution in [3.63, 3.8) is 0 Å². The van der Waals surface area contributed by atoms with Crippen molar-refractivity contribution in [3.8, 4) is 0 Å².